The van der Waals surface area contributed by atoms with Crippen LogP contribution in [0.3, 0.4) is 0 Å². The Morgan fingerprint density at radius 3 is 2.64 bits per heavy atom. The SMILES string of the molecule is CCCC1CC=NN1C(=O)NS(=O)(=O)c1c(Cl)cccc1Cl. The number of sulfonamides is 1. The number of nitrogens with one attached hydrogen (secondary N) is 1. The lowest BCUT2D eigenvalue weighted by atomic mass is 10.1. The molecular formula is C13H15Cl2N3O3S. The Balaban J connectivity index is 2.22. The average molecular weight is 364 g/mol. The molecule has 1 aromatic carbocycles. The maximum Gasteiger partial charge on any atom is 0.351 e. The Morgan fingerprint density at radius 2 is 2.05 bits per heavy atom. The van der Waals surface area contributed by atoms with Crippen molar-refractivity contribution in [1.82, 2.24) is 9.73 Å². The summed E-state index contributed by atoms with van der Waals surface area (Å²) in [6, 6.07) is 3.35. The van der Waals surface area contributed by atoms with Crippen LogP contribution >= 0.6 is 23.2 Å². The number of urea groups is 1. The summed E-state index contributed by atoms with van der Waals surface area (Å²) < 4.78 is 26.6. The second-order valence-corrected chi connectivity index (χ2v) is 7.22. The van der Waals surface area contributed by atoms with Gasteiger partial charge in [-0.25, -0.2) is 22.9 Å². The van der Waals surface area contributed by atoms with Gasteiger partial charge in [-0.2, -0.15) is 5.10 Å². The first-order chi connectivity index (χ1) is 10.4. The van der Waals surface area contributed by atoms with Crippen molar-refractivity contribution in [3.63, 3.8) is 0 Å². The summed E-state index contributed by atoms with van der Waals surface area (Å²) >= 11 is 11.8. The number of nitrogens with zero attached hydrogens (tertiary/aromatic N) is 2. The standard InChI is InChI=1S/C13H15Cl2N3O3S/c1-2-4-9-7-8-16-18(9)13(19)17-22(20,21)12-10(14)5-3-6-11(12)15/h3,5-6,8-9H,2,4,7H2,1H3,(H,17,19). The molecule has 0 bridgehead atoms. The summed E-state index contributed by atoms with van der Waals surface area (Å²) in [6.45, 7) is 1.98. The lowest BCUT2D eigenvalue weighted by molar-refractivity contribution is 0.188. The fraction of sp³-hybridized carbons (Fsp3) is 0.385. The van der Waals surface area contributed by atoms with Crippen molar-refractivity contribution < 1.29 is 13.2 Å². The maximum absolute atomic E-state index is 12.3. The fourth-order valence-corrected chi connectivity index (χ4v) is 4.28. The number of hydrazone groups is 1. The van der Waals surface area contributed by atoms with E-state index in [4.69, 9.17) is 23.2 Å². The van der Waals surface area contributed by atoms with Crippen molar-refractivity contribution in [3.8, 4) is 0 Å². The second kappa shape index (κ2) is 6.85. The van der Waals surface area contributed by atoms with Gasteiger partial charge >= 0.3 is 6.03 Å². The summed E-state index contributed by atoms with van der Waals surface area (Å²) in [5, 5.41) is 4.96. The van der Waals surface area contributed by atoms with Crippen LogP contribution in [0.5, 0.6) is 0 Å². The van der Waals surface area contributed by atoms with E-state index in [0.717, 1.165) is 17.9 Å². The van der Waals surface area contributed by atoms with Gasteiger partial charge in [-0.1, -0.05) is 42.6 Å². The Kier molecular flexibility index (Phi) is 5.31. The number of carbonyl (C=O) groups excluding carboxylic acids is 1. The highest BCUT2D eigenvalue weighted by Gasteiger charge is 2.31. The van der Waals surface area contributed by atoms with Gasteiger partial charge in [0.1, 0.15) is 4.90 Å². The smallest absolute Gasteiger partial charge is 0.246 e. The van der Waals surface area contributed by atoms with Gasteiger partial charge in [0, 0.05) is 12.6 Å². The zero-order valence-corrected chi connectivity index (χ0v) is 14.1. The van der Waals surface area contributed by atoms with Crippen molar-refractivity contribution in [1.29, 1.82) is 0 Å². The minimum absolute atomic E-state index is 0.0529. The molecule has 1 atom stereocenters. The fourth-order valence-electron chi connectivity index (χ4n) is 2.19. The van der Waals surface area contributed by atoms with Gasteiger partial charge < -0.3 is 0 Å². The van der Waals surface area contributed by atoms with Crippen LogP contribution in [0.2, 0.25) is 10.0 Å². The van der Waals surface area contributed by atoms with Crippen LogP contribution in [0, 0.1) is 0 Å². The molecule has 22 heavy (non-hydrogen) atoms. The molecule has 0 aromatic heterocycles. The molecule has 0 saturated carbocycles. The average Bonchev–Trinajstić information content (AvgIpc) is 2.86. The lowest BCUT2D eigenvalue weighted by Crippen LogP contribution is -2.43. The molecule has 6 nitrogen and oxygen atoms in total. The van der Waals surface area contributed by atoms with Crippen LogP contribution in [0.1, 0.15) is 26.2 Å². The minimum Gasteiger partial charge on any atom is -0.246 e. The van der Waals surface area contributed by atoms with Gasteiger partial charge in [0.05, 0.1) is 16.1 Å². The molecular weight excluding hydrogens is 349 g/mol. The number of halogens is 2. The highest BCUT2D eigenvalue weighted by molar-refractivity contribution is 7.90. The van der Waals surface area contributed by atoms with Gasteiger partial charge in [-0.3, -0.25) is 0 Å². The Morgan fingerprint density at radius 1 is 1.41 bits per heavy atom. The predicted molar refractivity (Wildman–Crippen MR) is 85.8 cm³/mol. The largest absolute Gasteiger partial charge is 0.351 e. The summed E-state index contributed by atoms with van der Waals surface area (Å²) in [5.41, 5.74) is 0. The Labute approximate surface area is 139 Å². The number of carbonyl (C=O) groups is 1. The first-order valence-corrected chi connectivity index (χ1v) is 8.93. The molecule has 120 valence electrons. The van der Waals surface area contributed by atoms with E-state index in [0.29, 0.717) is 6.42 Å². The highest BCUT2D eigenvalue weighted by Crippen LogP contribution is 2.29. The molecule has 0 saturated heterocycles. The van der Waals surface area contributed by atoms with Crippen molar-refractivity contribution in [2.24, 2.45) is 5.10 Å². The third-order valence-electron chi connectivity index (χ3n) is 3.17. The zero-order valence-electron chi connectivity index (χ0n) is 11.8. The van der Waals surface area contributed by atoms with E-state index < -0.39 is 16.1 Å². The Bertz CT molecular complexity index is 686. The highest BCUT2D eigenvalue weighted by atomic mass is 35.5. The molecule has 1 aromatic rings. The number of hydrogen-bond acceptors (Lipinski definition) is 4. The molecule has 1 unspecified atom stereocenters. The molecule has 0 spiro atoms. The Hall–Kier alpha value is -1.31. The first kappa shape index (κ1) is 17.1. The van der Waals surface area contributed by atoms with Gasteiger partial charge in [-0.05, 0) is 18.6 Å². The van der Waals surface area contributed by atoms with Crippen molar-refractivity contribution >= 4 is 45.5 Å². The molecule has 0 aliphatic carbocycles. The van der Waals surface area contributed by atoms with Gasteiger partial charge in [0.15, 0.2) is 0 Å². The molecule has 2 amide bonds. The predicted octanol–water partition coefficient (Wildman–Crippen LogP) is 3.25. The van der Waals surface area contributed by atoms with Crippen LogP contribution in [0.25, 0.3) is 0 Å². The third-order valence-corrected chi connectivity index (χ3v) is 5.44. The van der Waals surface area contributed by atoms with E-state index in [2.05, 4.69) is 5.10 Å². The maximum atomic E-state index is 12.3. The summed E-state index contributed by atoms with van der Waals surface area (Å²) in [7, 11) is -4.18. The van der Waals surface area contributed by atoms with Crippen molar-refractivity contribution in [2.75, 3.05) is 0 Å². The van der Waals surface area contributed by atoms with Gasteiger partial charge in [0.2, 0.25) is 0 Å². The van der Waals surface area contributed by atoms with Crippen LogP contribution in [0.4, 0.5) is 4.79 Å². The van der Waals surface area contributed by atoms with Crippen LogP contribution in [-0.4, -0.2) is 31.7 Å². The van der Waals surface area contributed by atoms with Crippen LogP contribution in [0.15, 0.2) is 28.2 Å². The monoisotopic (exact) mass is 363 g/mol. The van der Waals surface area contributed by atoms with E-state index >= 15 is 0 Å². The second-order valence-electron chi connectivity index (χ2n) is 4.78. The van der Waals surface area contributed by atoms with Crippen molar-refractivity contribution in [3.05, 3.63) is 28.2 Å². The molecule has 1 aliphatic heterocycles. The third kappa shape index (κ3) is 3.53. The summed E-state index contributed by atoms with van der Waals surface area (Å²) in [4.78, 5) is 11.9. The lowest BCUT2D eigenvalue weighted by Gasteiger charge is -2.21. The number of amides is 2. The van der Waals surface area contributed by atoms with E-state index in [1.807, 2.05) is 11.6 Å². The quantitative estimate of drug-likeness (QED) is 0.891. The van der Waals surface area contributed by atoms with E-state index in [1.54, 1.807) is 6.21 Å². The summed E-state index contributed by atoms with van der Waals surface area (Å²) in [6.07, 6.45) is 3.80. The first-order valence-electron chi connectivity index (χ1n) is 6.69. The summed E-state index contributed by atoms with van der Waals surface area (Å²) in [5.74, 6) is 0. The molecule has 1 heterocycles. The molecule has 9 heteroatoms. The minimum atomic E-state index is -4.18. The van der Waals surface area contributed by atoms with Gasteiger partial charge in [-0.15, -0.1) is 0 Å². The normalized spacial score (nSPS) is 17.8. The molecule has 2 rings (SSSR count). The van der Waals surface area contributed by atoms with Gasteiger partial charge in [0.25, 0.3) is 10.0 Å². The van der Waals surface area contributed by atoms with Crippen LogP contribution < -0.4 is 4.72 Å². The number of benzene rings is 1. The number of rotatable bonds is 4. The molecule has 0 radical (unpaired) electrons. The molecule has 0 fully saturated rings. The molecule has 1 N–H and O–H groups in total. The van der Waals surface area contributed by atoms with Crippen molar-refractivity contribution in [2.45, 2.75) is 37.1 Å². The number of hydrogen-bond donors (Lipinski definition) is 1. The zero-order chi connectivity index (χ0) is 16.3. The topological polar surface area (TPSA) is 78.8 Å². The molecule has 1 aliphatic rings. The van der Waals surface area contributed by atoms with Crippen LogP contribution in [-0.2, 0) is 10.0 Å². The van der Waals surface area contributed by atoms with E-state index in [-0.39, 0.29) is 21.0 Å². The van der Waals surface area contributed by atoms with E-state index in [9.17, 15) is 13.2 Å². The van der Waals surface area contributed by atoms with E-state index in [1.165, 1.54) is 18.2 Å².